The van der Waals surface area contributed by atoms with Crippen molar-refractivity contribution in [2.45, 2.75) is 6.92 Å². The molecule has 0 aliphatic carbocycles. The minimum Gasteiger partial charge on any atom is -0.478 e. The Bertz CT molecular complexity index is 1210. The third kappa shape index (κ3) is 2.96. The van der Waals surface area contributed by atoms with E-state index in [0.29, 0.717) is 27.4 Å². The van der Waals surface area contributed by atoms with Crippen molar-refractivity contribution in [2.75, 3.05) is 0 Å². The summed E-state index contributed by atoms with van der Waals surface area (Å²) in [6, 6.07) is 19.1. The number of ketones is 1. The smallest absolute Gasteiger partial charge is 0.335 e. The minimum atomic E-state index is -0.998. The number of carboxylic acid groups (broad SMARTS) is 1. The fourth-order valence-corrected chi connectivity index (χ4v) is 3.52. The molecular formula is C22H15ClN2O3. The normalized spacial score (nSPS) is 10.9. The van der Waals surface area contributed by atoms with Crippen LogP contribution in [0.25, 0.3) is 16.6 Å². The van der Waals surface area contributed by atoms with Crippen molar-refractivity contribution in [2.24, 2.45) is 0 Å². The van der Waals surface area contributed by atoms with E-state index < -0.39 is 5.97 Å². The van der Waals surface area contributed by atoms with E-state index in [0.717, 1.165) is 11.1 Å². The Labute approximate surface area is 165 Å². The third-order valence-corrected chi connectivity index (χ3v) is 4.93. The molecule has 0 saturated heterocycles. The molecular weight excluding hydrogens is 376 g/mol. The number of nitrogens with zero attached hydrogens (tertiary/aromatic N) is 2. The lowest BCUT2D eigenvalue weighted by atomic mass is 10.0. The number of carbonyl (C=O) groups excluding carboxylic acids is 1. The summed E-state index contributed by atoms with van der Waals surface area (Å²) in [5.74, 6) is -1.25. The summed E-state index contributed by atoms with van der Waals surface area (Å²) < 4.78 is 1.64. The lowest BCUT2D eigenvalue weighted by molar-refractivity contribution is 0.0696. The molecule has 0 spiro atoms. The molecule has 1 heterocycles. The van der Waals surface area contributed by atoms with Crippen LogP contribution in [0, 0.1) is 6.92 Å². The van der Waals surface area contributed by atoms with Crippen LogP contribution < -0.4 is 0 Å². The van der Waals surface area contributed by atoms with Crippen LogP contribution in [0.4, 0.5) is 0 Å². The predicted octanol–water partition coefficient (Wildman–Crippen LogP) is 4.92. The molecule has 1 aromatic heterocycles. The van der Waals surface area contributed by atoms with E-state index in [-0.39, 0.29) is 11.3 Å². The first-order chi connectivity index (χ1) is 13.5. The van der Waals surface area contributed by atoms with Gasteiger partial charge in [-0.15, -0.1) is 0 Å². The highest BCUT2D eigenvalue weighted by Gasteiger charge is 2.22. The molecule has 0 saturated carbocycles. The van der Waals surface area contributed by atoms with Crippen LogP contribution in [-0.2, 0) is 0 Å². The van der Waals surface area contributed by atoms with Crippen LogP contribution in [0.1, 0.15) is 32.0 Å². The fourth-order valence-electron chi connectivity index (χ4n) is 3.21. The average molecular weight is 391 g/mol. The zero-order valence-corrected chi connectivity index (χ0v) is 15.6. The van der Waals surface area contributed by atoms with Crippen LogP contribution in [0.3, 0.4) is 0 Å². The largest absolute Gasteiger partial charge is 0.478 e. The van der Waals surface area contributed by atoms with E-state index in [4.69, 9.17) is 16.7 Å². The van der Waals surface area contributed by atoms with Crippen LogP contribution in [0.15, 0.2) is 66.7 Å². The zero-order chi connectivity index (χ0) is 19.8. The molecule has 5 nitrogen and oxygen atoms in total. The van der Waals surface area contributed by atoms with Gasteiger partial charge in [-0.3, -0.25) is 4.79 Å². The number of aryl methyl sites for hydroxylation is 1. The fraction of sp³-hybridized carbons (Fsp3) is 0.0455. The molecule has 0 fully saturated rings. The molecule has 138 valence electrons. The highest BCUT2D eigenvalue weighted by Crippen LogP contribution is 2.28. The van der Waals surface area contributed by atoms with Gasteiger partial charge in [-0.2, -0.15) is 5.10 Å². The first-order valence-electron chi connectivity index (χ1n) is 8.58. The van der Waals surface area contributed by atoms with Gasteiger partial charge in [0, 0.05) is 10.9 Å². The van der Waals surface area contributed by atoms with Crippen molar-refractivity contribution < 1.29 is 14.7 Å². The van der Waals surface area contributed by atoms with Gasteiger partial charge < -0.3 is 5.11 Å². The quantitative estimate of drug-likeness (QED) is 0.502. The molecule has 28 heavy (non-hydrogen) atoms. The monoisotopic (exact) mass is 390 g/mol. The second kappa shape index (κ2) is 6.94. The molecule has 0 aliphatic rings. The molecule has 4 rings (SSSR count). The maximum Gasteiger partial charge on any atom is 0.335 e. The van der Waals surface area contributed by atoms with E-state index in [2.05, 4.69) is 5.10 Å². The molecule has 0 atom stereocenters. The van der Waals surface area contributed by atoms with Gasteiger partial charge in [0.1, 0.15) is 5.69 Å². The van der Waals surface area contributed by atoms with E-state index in [1.165, 1.54) is 12.1 Å². The predicted molar refractivity (Wildman–Crippen MR) is 108 cm³/mol. The highest BCUT2D eigenvalue weighted by atomic mass is 35.5. The SMILES string of the molecule is Cc1cccc(Cl)c1C(=O)c1nn(-c2ccc(C(=O)O)cc2)c2ccccc12. The summed E-state index contributed by atoms with van der Waals surface area (Å²) in [4.78, 5) is 24.3. The van der Waals surface area contributed by atoms with Gasteiger partial charge in [0.05, 0.1) is 21.8 Å². The van der Waals surface area contributed by atoms with Crippen LogP contribution in [0.2, 0.25) is 5.02 Å². The first kappa shape index (κ1) is 17.9. The molecule has 0 bridgehead atoms. The van der Waals surface area contributed by atoms with E-state index >= 15 is 0 Å². The Morgan fingerprint density at radius 2 is 1.68 bits per heavy atom. The van der Waals surface area contributed by atoms with E-state index in [1.54, 1.807) is 28.9 Å². The van der Waals surface area contributed by atoms with E-state index in [1.807, 2.05) is 37.3 Å². The number of benzene rings is 3. The molecule has 1 N–H and O–H groups in total. The Morgan fingerprint density at radius 3 is 2.36 bits per heavy atom. The zero-order valence-electron chi connectivity index (χ0n) is 14.9. The topological polar surface area (TPSA) is 72.2 Å². The average Bonchev–Trinajstić information content (AvgIpc) is 3.07. The lowest BCUT2D eigenvalue weighted by Gasteiger charge is -2.06. The number of carbonyl (C=O) groups is 2. The highest BCUT2D eigenvalue weighted by molar-refractivity contribution is 6.35. The number of halogens is 1. The number of fused-ring (bicyclic) bond motifs is 1. The Balaban J connectivity index is 1.90. The summed E-state index contributed by atoms with van der Waals surface area (Å²) in [6.07, 6.45) is 0. The van der Waals surface area contributed by atoms with Crippen molar-refractivity contribution >= 4 is 34.3 Å². The van der Waals surface area contributed by atoms with Crippen LogP contribution in [0.5, 0.6) is 0 Å². The maximum atomic E-state index is 13.3. The third-order valence-electron chi connectivity index (χ3n) is 4.61. The number of para-hydroxylation sites is 1. The number of hydrogen-bond donors (Lipinski definition) is 1. The van der Waals surface area contributed by atoms with E-state index in [9.17, 15) is 9.59 Å². The van der Waals surface area contributed by atoms with Gasteiger partial charge in [0.25, 0.3) is 0 Å². The number of aromatic nitrogens is 2. The summed E-state index contributed by atoms with van der Waals surface area (Å²) in [7, 11) is 0. The molecule has 0 unspecified atom stereocenters. The molecule has 0 aliphatic heterocycles. The Morgan fingerprint density at radius 1 is 0.964 bits per heavy atom. The van der Waals surface area contributed by atoms with Crippen LogP contribution in [-0.4, -0.2) is 26.6 Å². The van der Waals surface area contributed by atoms with Crippen molar-refractivity contribution in [3.8, 4) is 5.69 Å². The van der Waals surface area contributed by atoms with Crippen LogP contribution >= 0.6 is 11.6 Å². The second-order valence-corrected chi connectivity index (χ2v) is 6.80. The summed E-state index contributed by atoms with van der Waals surface area (Å²) in [6.45, 7) is 1.84. The summed E-state index contributed by atoms with van der Waals surface area (Å²) >= 11 is 6.29. The molecule has 4 aromatic rings. The Hall–Kier alpha value is -3.44. The summed E-state index contributed by atoms with van der Waals surface area (Å²) in [5.41, 5.74) is 3.11. The summed E-state index contributed by atoms with van der Waals surface area (Å²) in [5, 5.41) is 14.7. The maximum absolute atomic E-state index is 13.3. The number of hydrogen-bond acceptors (Lipinski definition) is 3. The molecule has 0 amide bonds. The van der Waals surface area contributed by atoms with Gasteiger partial charge in [-0.1, -0.05) is 41.9 Å². The van der Waals surface area contributed by atoms with Gasteiger partial charge in [0.2, 0.25) is 5.78 Å². The lowest BCUT2D eigenvalue weighted by Crippen LogP contribution is -2.07. The van der Waals surface area contributed by atoms with Gasteiger partial charge in [0.15, 0.2) is 0 Å². The molecule has 6 heteroatoms. The van der Waals surface area contributed by atoms with Crippen molar-refractivity contribution in [1.29, 1.82) is 0 Å². The molecule has 0 radical (unpaired) electrons. The second-order valence-electron chi connectivity index (χ2n) is 6.39. The number of aromatic carboxylic acids is 1. The molecule has 3 aromatic carbocycles. The first-order valence-corrected chi connectivity index (χ1v) is 8.96. The standard InChI is InChI=1S/C22H15ClN2O3/c1-13-5-4-7-17(23)19(13)21(26)20-16-6-2-3-8-18(16)25(24-20)15-11-9-14(10-12-15)22(27)28/h2-12H,1H3,(H,27,28). The minimum absolute atomic E-state index is 0.184. The number of rotatable bonds is 4. The number of carboxylic acids is 1. The Kier molecular flexibility index (Phi) is 4.45. The van der Waals surface area contributed by atoms with Gasteiger partial charge >= 0.3 is 5.97 Å². The van der Waals surface area contributed by atoms with Crippen molar-refractivity contribution in [3.05, 3.63) is 94.1 Å². The van der Waals surface area contributed by atoms with Crippen molar-refractivity contribution in [3.63, 3.8) is 0 Å². The van der Waals surface area contributed by atoms with Crippen molar-refractivity contribution in [1.82, 2.24) is 9.78 Å². The van der Waals surface area contributed by atoms with Gasteiger partial charge in [-0.25, -0.2) is 9.48 Å². The van der Waals surface area contributed by atoms with Gasteiger partial charge in [-0.05, 0) is 48.9 Å².